The van der Waals surface area contributed by atoms with Crippen LogP contribution in [0.3, 0.4) is 0 Å². The van der Waals surface area contributed by atoms with E-state index in [0.717, 1.165) is 12.2 Å². The summed E-state index contributed by atoms with van der Waals surface area (Å²) in [5.74, 6) is -1.18. The van der Waals surface area contributed by atoms with E-state index in [1.165, 1.54) is 7.11 Å². The third kappa shape index (κ3) is 4.41. The van der Waals surface area contributed by atoms with Gasteiger partial charge in [0, 0.05) is 24.5 Å². The molecule has 1 rings (SSSR count). The van der Waals surface area contributed by atoms with Crippen LogP contribution in [-0.2, 0) is 25.6 Å². The summed E-state index contributed by atoms with van der Waals surface area (Å²) in [5, 5.41) is 3.93. The zero-order valence-electron chi connectivity index (χ0n) is 8.83. The third-order valence-corrected chi connectivity index (χ3v) is 1.68. The topological polar surface area (TPSA) is 70.4 Å². The normalized spacial score (nSPS) is 10.3. The van der Waals surface area contributed by atoms with Gasteiger partial charge in [-0.2, -0.15) is 5.10 Å². The highest BCUT2D eigenvalue weighted by Gasteiger charge is 1.99. The van der Waals surface area contributed by atoms with E-state index in [1.54, 1.807) is 23.1 Å². The number of ether oxygens (including phenoxy) is 2. The Hall–Kier alpha value is -2.11. The highest BCUT2D eigenvalue weighted by Crippen LogP contribution is 1.88. The molecule has 0 aliphatic rings. The number of aromatic nitrogens is 2. The molecule has 86 valence electrons. The SMILES string of the molecule is COC(=O)C=CC(=O)OCCn1cccn1. The van der Waals surface area contributed by atoms with Crippen LogP contribution in [0.25, 0.3) is 0 Å². The second-order valence-corrected chi connectivity index (χ2v) is 2.79. The van der Waals surface area contributed by atoms with Crippen molar-refractivity contribution in [2.75, 3.05) is 13.7 Å². The molecule has 0 atom stereocenters. The van der Waals surface area contributed by atoms with Crippen LogP contribution in [0.15, 0.2) is 30.6 Å². The first kappa shape index (κ1) is 12.0. The van der Waals surface area contributed by atoms with Gasteiger partial charge in [0.2, 0.25) is 0 Å². The van der Waals surface area contributed by atoms with Crippen molar-refractivity contribution >= 4 is 11.9 Å². The van der Waals surface area contributed by atoms with Gasteiger partial charge in [-0.1, -0.05) is 0 Å². The minimum atomic E-state index is -0.593. The third-order valence-electron chi connectivity index (χ3n) is 1.68. The van der Waals surface area contributed by atoms with Crippen molar-refractivity contribution in [3.8, 4) is 0 Å². The Balaban J connectivity index is 2.20. The average Bonchev–Trinajstić information content (AvgIpc) is 2.79. The van der Waals surface area contributed by atoms with E-state index < -0.39 is 11.9 Å². The molecule has 0 radical (unpaired) electrons. The Bertz CT molecular complexity index is 370. The van der Waals surface area contributed by atoms with Gasteiger partial charge in [0.1, 0.15) is 6.61 Å². The van der Waals surface area contributed by atoms with E-state index in [1.807, 2.05) is 0 Å². The largest absolute Gasteiger partial charge is 0.466 e. The van der Waals surface area contributed by atoms with Crippen molar-refractivity contribution in [1.29, 1.82) is 0 Å². The fourth-order valence-corrected chi connectivity index (χ4v) is 0.925. The summed E-state index contributed by atoms with van der Waals surface area (Å²) < 4.78 is 10.8. The zero-order valence-corrected chi connectivity index (χ0v) is 8.83. The fourth-order valence-electron chi connectivity index (χ4n) is 0.925. The molecule has 0 N–H and O–H groups in total. The van der Waals surface area contributed by atoms with Gasteiger partial charge < -0.3 is 9.47 Å². The maximum Gasteiger partial charge on any atom is 0.331 e. The van der Waals surface area contributed by atoms with E-state index in [-0.39, 0.29) is 6.61 Å². The molecule has 0 fully saturated rings. The summed E-state index contributed by atoms with van der Waals surface area (Å²) in [6.45, 7) is 0.677. The molecule has 16 heavy (non-hydrogen) atoms. The van der Waals surface area contributed by atoms with Gasteiger partial charge in [-0.3, -0.25) is 4.68 Å². The van der Waals surface area contributed by atoms with Crippen LogP contribution in [0, 0.1) is 0 Å². The molecule has 0 amide bonds. The summed E-state index contributed by atoms with van der Waals surface area (Å²) in [7, 11) is 1.23. The lowest BCUT2D eigenvalue weighted by Crippen LogP contribution is -2.10. The van der Waals surface area contributed by atoms with Gasteiger partial charge in [-0.15, -0.1) is 0 Å². The molecule has 0 aromatic carbocycles. The van der Waals surface area contributed by atoms with Gasteiger partial charge in [0.05, 0.1) is 13.7 Å². The molecule has 6 heteroatoms. The number of carbonyl (C=O) groups excluding carboxylic acids is 2. The summed E-state index contributed by atoms with van der Waals surface area (Å²) in [6.07, 6.45) is 5.43. The monoisotopic (exact) mass is 224 g/mol. The minimum Gasteiger partial charge on any atom is -0.466 e. The number of esters is 2. The fraction of sp³-hybridized carbons (Fsp3) is 0.300. The van der Waals surface area contributed by atoms with Crippen LogP contribution < -0.4 is 0 Å². The van der Waals surface area contributed by atoms with Crippen LogP contribution in [0.1, 0.15) is 0 Å². The summed E-state index contributed by atoms with van der Waals surface area (Å²) in [5.41, 5.74) is 0. The Kier molecular flexibility index (Phi) is 4.78. The molecule has 1 aromatic rings. The standard InChI is InChI=1S/C10H12N2O4/c1-15-9(13)3-4-10(14)16-8-7-12-6-2-5-11-12/h2-6H,7-8H2,1H3. The van der Waals surface area contributed by atoms with Crippen molar-refractivity contribution in [2.45, 2.75) is 6.54 Å². The van der Waals surface area contributed by atoms with E-state index in [4.69, 9.17) is 4.74 Å². The molecular formula is C10H12N2O4. The van der Waals surface area contributed by atoms with Gasteiger partial charge >= 0.3 is 11.9 Å². The van der Waals surface area contributed by atoms with Gasteiger partial charge in [-0.05, 0) is 6.07 Å². The molecule has 1 aromatic heterocycles. The predicted octanol–water partition coefficient (Wildman–Crippen LogP) is 0.155. The molecule has 6 nitrogen and oxygen atoms in total. The molecule has 0 saturated carbocycles. The molecular weight excluding hydrogens is 212 g/mol. The van der Waals surface area contributed by atoms with E-state index >= 15 is 0 Å². The molecule has 0 aliphatic heterocycles. The Labute approximate surface area is 92.5 Å². The van der Waals surface area contributed by atoms with Gasteiger partial charge in [0.25, 0.3) is 0 Å². The number of methoxy groups -OCH3 is 1. The van der Waals surface area contributed by atoms with Crippen LogP contribution in [-0.4, -0.2) is 35.4 Å². The maximum atomic E-state index is 11.0. The number of nitrogens with zero attached hydrogens (tertiary/aromatic N) is 2. The maximum absolute atomic E-state index is 11.0. The van der Waals surface area contributed by atoms with Crippen LogP contribution in [0.5, 0.6) is 0 Å². The predicted molar refractivity (Wildman–Crippen MR) is 54.3 cm³/mol. The van der Waals surface area contributed by atoms with E-state index in [2.05, 4.69) is 9.84 Å². The Morgan fingerprint density at radius 2 is 2.12 bits per heavy atom. The number of carbonyl (C=O) groups is 2. The zero-order chi connectivity index (χ0) is 11.8. The minimum absolute atomic E-state index is 0.200. The average molecular weight is 224 g/mol. The number of hydrogen-bond acceptors (Lipinski definition) is 5. The van der Waals surface area contributed by atoms with Crippen molar-refractivity contribution in [3.63, 3.8) is 0 Å². The van der Waals surface area contributed by atoms with Crippen molar-refractivity contribution in [2.24, 2.45) is 0 Å². The Morgan fingerprint density at radius 3 is 2.75 bits per heavy atom. The summed E-state index contributed by atoms with van der Waals surface area (Å²) in [4.78, 5) is 21.7. The van der Waals surface area contributed by atoms with E-state index in [9.17, 15) is 9.59 Å². The highest BCUT2D eigenvalue weighted by atomic mass is 16.5. The van der Waals surface area contributed by atoms with Crippen molar-refractivity contribution in [3.05, 3.63) is 30.6 Å². The highest BCUT2D eigenvalue weighted by molar-refractivity contribution is 5.91. The van der Waals surface area contributed by atoms with Crippen molar-refractivity contribution < 1.29 is 19.1 Å². The van der Waals surface area contributed by atoms with Crippen LogP contribution in [0.2, 0.25) is 0 Å². The van der Waals surface area contributed by atoms with Crippen LogP contribution >= 0.6 is 0 Å². The lowest BCUT2D eigenvalue weighted by atomic mass is 10.5. The van der Waals surface area contributed by atoms with Crippen molar-refractivity contribution in [1.82, 2.24) is 9.78 Å². The molecule has 0 unspecified atom stereocenters. The Morgan fingerprint density at radius 1 is 1.38 bits per heavy atom. The second-order valence-electron chi connectivity index (χ2n) is 2.79. The summed E-state index contributed by atoms with van der Waals surface area (Å²) in [6, 6.07) is 1.78. The lowest BCUT2D eigenvalue weighted by molar-refractivity contribution is -0.139. The van der Waals surface area contributed by atoms with Crippen LogP contribution in [0.4, 0.5) is 0 Å². The molecule has 1 heterocycles. The molecule has 0 bridgehead atoms. The molecule has 0 spiro atoms. The first-order valence-corrected chi connectivity index (χ1v) is 4.62. The second kappa shape index (κ2) is 6.39. The van der Waals surface area contributed by atoms with Gasteiger partial charge in [0.15, 0.2) is 0 Å². The molecule has 0 saturated heterocycles. The first-order valence-electron chi connectivity index (χ1n) is 4.62. The number of rotatable bonds is 5. The quantitative estimate of drug-likeness (QED) is 0.526. The number of hydrogen-bond donors (Lipinski definition) is 0. The van der Waals surface area contributed by atoms with Gasteiger partial charge in [-0.25, -0.2) is 9.59 Å². The van der Waals surface area contributed by atoms with E-state index in [0.29, 0.717) is 6.54 Å². The first-order chi connectivity index (χ1) is 7.72. The lowest BCUT2D eigenvalue weighted by Gasteiger charge is -2.01. The molecule has 0 aliphatic carbocycles. The smallest absolute Gasteiger partial charge is 0.331 e. The summed E-state index contributed by atoms with van der Waals surface area (Å²) >= 11 is 0.